The lowest BCUT2D eigenvalue weighted by molar-refractivity contribution is 0.169. The second-order valence-electron chi connectivity index (χ2n) is 15.7. The Kier molecular flexibility index (Phi) is 17.2. The highest BCUT2D eigenvalue weighted by Gasteiger charge is 2.20. The fraction of sp³-hybridized carbons (Fsp3) is 0.231. The number of hydrogen-bond acceptors (Lipinski definition) is 14. The summed E-state index contributed by atoms with van der Waals surface area (Å²) in [5, 5.41) is 64.8. The van der Waals surface area contributed by atoms with Gasteiger partial charge in [-0.2, -0.15) is 10.5 Å². The van der Waals surface area contributed by atoms with Crippen molar-refractivity contribution in [1.82, 2.24) is 20.6 Å². The summed E-state index contributed by atoms with van der Waals surface area (Å²) in [5.74, 6) is 1.80. The number of para-hydroxylation sites is 1. The van der Waals surface area contributed by atoms with E-state index in [1.807, 2.05) is 55.5 Å². The fourth-order valence-electron chi connectivity index (χ4n) is 7.31. The number of halogens is 2. The molecule has 7 aromatic rings. The van der Waals surface area contributed by atoms with Crippen molar-refractivity contribution in [3.63, 3.8) is 0 Å². The Morgan fingerprint density at radius 2 is 1.09 bits per heavy atom. The third-order valence-corrected chi connectivity index (χ3v) is 11.7. The molecule has 0 fully saturated rings. The van der Waals surface area contributed by atoms with Gasteiger partial charge in [-0.25, -0.2) is 9.97 Å². The monoisotopic (exact) mass is 954 g/mol. The van der Waals surface area contributed by atoms with Crippen molar-refractivity contribution in [1.29, 1.82) is 10.5 Å². The van der Waals surface area contributed by atoms with Gasteiger partial charge in [0.1, 0.15) is 43.4 Å². The van der Waals surface area contributed by atoms with Gasteiger partial charge in [-0.3, -0.25) is 0 Å². The lowest BCUT2D eigenvalue weighted by atomic mass is 9.95. The number of aromatic nitrogens is 2. The van der Waals surface area contributed by atoms with Crippen LogP contribution in [-0.2, 0) is 32.9 Å². The molecule has 1 heterocycles. The molecule has 16 heteroatoms. The van der Waals surface area contributed by atoms with Crippen molar-refractivity contribution in [2.45, 2.75) is 51.9 Å². The Balaban J connectivity index is 1.14. The summed E-state index contributed by atoms with van der Waals surface area (Å²) < 4.78 is 25.4. The number of nitrogens with zero attached hydrogens (tertiary/aromatic N) is 4. The van der Waals surface area contributed by atoms with Crippen LogP contribution in [0.3, 0.4) is 0 Å². The smallest absolute Gasteiger partial charge is 0.230 e. The first-order valence-electron chi connectivity index (χ1n) is 21.6. The summed E-state index contributed by atoms with van der Waals surface area (Å²) in [5.41, 5.74) is 8.08. The molecule has 0 aliphatic heterocycles. The molecule has 6 aromatic carbocycles. The molecule has 0 atom stereocenters. The first-order chi connectivity index (χ1) is 33.1. The fourth-order valence-corrected chi connectivity index (χ4v) is 7.77. The van der Waals surface area contributed by atoms with Crippen LogP contribution in [0.1, 0.15) is 44.5 Å². The third-order valence-electron chi connectivity index (χ3n) is 11.1. The van der Waals surface area contributed by atoms with Crippen LogP contribution in [0.4, 0.5) is 0 Å². The van der Waals surface area contributed by atoms with Crippen molar-refractivity contribution in [3.05, 3.63) is 170 Å². The van der Waals surface area contributed by atoms with Crippen LogP contribution < -0.4 is 29.6 Å². The van der Waals surface area contributed by atoms with Gasteiger partial charge in [-0.15, -0.1) is 0 Å². The van der Waals surface area contributed by atoms with E-state index in [0.717, 1.165) is 33.4 Å². The summed E-state index contributed by atoms with van der Waals surface area (Å²) in [6, 6.07) is 35.8. The lowest BCUT2D eigenvalue weighted by Crippen LogP contribution is -2.35. The molecule has 6 N–H and O–H groups in total. The molecule has 0 spiro atoms. The molecule has 14 nitrogen and oxygen atoms in total. The second-order valence-corrected chi connectivity index (χ2v) is 16.5. The van der Waals surface area contributed by atoms with Crippen molar-refractivity contribution in [2.24, 2.45) is 0 Å². The van der Waals surface area contributed by atoms with Crippen LogP contribution in [0.5, 0.6) is 28.9 Å². The Morgan fingerprint density at radius 1 is 0.574 bits per heavy atom. The molecular weight excluding hydrogens is 908 g/mol. The molecule has 0 amide bonds. The number of ether oxygens (including phenoxy) is 4. The summed E-state index contributed by atoms with van der Waals surface area (Å²) in [7, 11) is 0. The highest BCUT2D eigenvalue weighted by Crippen LogP contribution is 2.40. The van der Waals surface area contributed by atoms with E-state index in [9.17, 15) is 30.9 Å². The number of nitriles is 2. The average Bonchev–Trinajstić information content (AvgIpc) is 3.37. The Morgan fingerprint density at radius 3 is 1.66 bits per heavy atom. The molecular formula is C52H48Cl2N6O8. The van der Waals surface area contributed by atoms with E-state index >= 15 is 0 Å². The van der Waals surface area contributed by atoms with Crippen LogP contribution in [0.2, 0.25) is 10.0 Å². The SMILES string of the molecule is Cc1c(COc2cc(OCc3cccc(C#N)c3)c(CNC(CO)CO)cc2Cl)cccc1-c1cccc2c(Oc3cc(OCc4cccc(C#N)c4)c(CNC(CO)CO)cc3Cl)ncnc12. The van der Waals surface area contributed by atoms with E-state index < -0.39 is 12.1 Å². The number of aliphatic hydroxyl groups is 4. The van der Waals surface area contributed by atoms with Crippen LogP contribution >= 0.6 is 23.2 Å². The molecule has 0 saturated heterocycles. The van der Waals surface area contributed by atoms with E-state index in [1.165, 1.54) is 6.33 Å². The first kappa shape index (κ1) is 49.1. The largest absolute Gasteiger partial charge is 0.488 e. The lowest BCUT2D eigenvalue weighted by Gasteiger charge is -2.19. The maximum atomic E-state index is 9.66. The molecule has 348 valence electrons. The van der Waals surface area contributed by atoms with Gasteiger partial charge in [0.25, 0.3) is 0 Å². The van der Waals surface area contributed by atoms with Gasteiger partial charge in [0.15, 0.2) is 5.75 Å². The van der Waals surface area contributed by atoms with Crippen LogP contribution in [-0.4, -0.2) is 68.9 Å². The number of rotatable bonds is 22. The van der Waals surface area contributed by atoms with Crippen molar-refractivity contribution < 1.29 is 39.4 Å². The van der Waals surface area contributed by atoms with Gasteiger partial charge in [0.05, 0.1) is 82.7 Å². The van der Waals surface area contributed by atoms with E-state index in [0.29, 0.717) is 55.4 Å². The second kappa shape index (κ2) is 23.8. The maximum absolute atomic E-state index is 9.66. The normalized spacial score (nSPS) is 11.2. The molecule has 0 aliphatic carbocycles. The van der Waals surface area contributed by atoms with Gasteiger partial charge < -0.3 is 50.0 Å². The first-order valence-corrected chi connectivity index (χ1v) is 22.3. The zero-order chi connectivity index (χ0) is 48.0. The minimum Gasteiger partial charge on any atom is -0.488 e. The molecule has 0 radical (unpaired) electrons. The van der Waals surface area contributed by atoms with Gasteiger partial charge in [-0.1, -0.05) is 77.8 Å². The minimum absolute atomic E-state index is 0.141. The summed E-state index contributed by atoms with van der Waals surface area (Å²) in [4.78, 5) is 9.20. The van der Waals surface area contributed by atoms with Crippen molar-refractivity contribution in [3.8, 4) is 52.1 Å². The van der Waals surface area contributed by atoms with E-state index in [2.05, 4.69) is 27.8 Å². The molecule has 0 unspecified atom stereocenters. The average molecular weight is 956 g/mol. The van der Waals surface area contributed by atoms with Crippen LogP contribution in [0.15, 0.2) is 116 Å². The number of fused-ring (bicyclic) bond motifs is 1. The maximum Gasteiger partial charge on any atom is 0.230 e. The highest BCUT2D eigenvalue weighted by molar-refractivity contribution is 6.32. The number of aliphatic hydroxyl groups excluding tert-OH is 4. The van der Waals surface area contributed by atoms with Gasteiger partial charge in [0.2, 0.25) is 5.88 Å². The van der Waals surface area contributed by atoms with Crippen LogP contribution in [0.25, 0.3) is 22.0 Å². The number of nitrogens with one attached hydrogen (secondary N) is 2. The predicted molar refractivity (Wildman–Crippen MR) is 258 cm³/mol. The van der Waals surface area contributed by atoms with Gasteiger partial charge >= 0.3 is 0 Å². The van der Waals surface area contributed by atoms with Gasteiger partial charge in [-0.05, 0) is 77.2 Å². The standard InChI is InChI=1S/C52H48Cl2N6O8/c1-32-37(30-67-49-18-47(65-28-35-8-2-6-33(14-35)20-55)38(16-45(49)53)22-57-40(24-61)25-62)10-4-11-42(32)43-12-5-13-44-51(43)59-31-60-52(44)68-50-19-48(66-29-36-9-3-7-34(15-36)21-56)39(17-46(50)54)23-58-41(26-63)27-64/h2-19,31,40-41,57-58,61-64H,22-30H2,1H3. The number of benzene rings is 6. The van der Waals surface area contributed by atoms with E-state index in [-0.39, 0.29) is 76.0 Å². The molecule has 0 saturated carbocycles. The molecule has 1 aromatic heterocycles. The molecule has 7 rings (SSSR count). The predicted octanol–water partition coefficient (Wildman–Crippen LogP) is 8.07. The van der Waals surface area contributed by atoms with Crippen molar-refractivity contribution >= 4 is 34.1 Å². The van der Waals surface area contributed by atoms with Gasteiger partial charge in [0, 0.05) is 41.9 Å². The zero-order valence-corrected chi connectivity index (χ0v) is 38.5. The molecule has 0 bridgehead atoms. The summed E-state index contributed by atoms with van der Waals surface area (Å²) >= 11 is 13.7. The van der Waals surface area contributed by atoms with E-state index in [1.54, 1.807) is 60.7 Å². The summed E-state index contributed by atoms with van der Waals surface area (Å²) in [6.45, 7) is 1.87. The number of hydrogen-bond donors (Lipinski definition) is 6. The Hall–Kier alpha value is -6.82. The van der Waals surface area contributed by atoms with Crippen molar-refractivity contribution in [2.75, 3.05) is 26.4 Å². The quantitative estimate of drug-likeness (QED) is 0.0379. The summed E-state index contributed by atoms with van der Waals surface area (Å²) in [6.07, 6.45) is 1.42. The Labute approximate surface area is 403 Å². The minimum atomic E-state index is -0.561. The molecule has 68 heavy (non-hydrogen) atoms. The molecule has 0 aliphatic rings. The highest BCUT2D eigenvalue weighted by atomic mass is 35.5. The Bertz CT molecular complexity index is 2950. The van der Waals surface area contributed by atoms with Crippen LogP contribution in [0, 0.1) is 29.6 Å². The third kappa shape index (κ3) is 12.2. The zero-order valence-electron chi connectivity index (χ0n) is 37.0. The van der Waals surface area contributed by atoms with E-state index in [4.69, 9.17) is 47.1 Å². The topological polar surface area (TPSA) is 215 Å².